The van der Waals surface area contributed by atoms with Crippen molar-refractivity contribution in [3.05, 3.63) is 100 Å². The van der Waals surface area contributed by atoms with Crippen LogP contribution in [0.4, 0.5) is 10.1 Å². The minimum atomic E-state index is -0.865. The van der Waals surface area contributed by atoms with Crippen molar-refractivity contribution >= 4 is 23.1 Å². The quantitative estimate of drug-likeness (QED) is 0.260. The van der Waals surface area contributed by atoms with Gasteiger partial charge in [-0.25, -0.2) is 4.39 Å². The largest absolute Gasteiger partial charge is 0.507 e. The Hall–Kier alpha value is -3.93. The third-order valence-electron chi connectivity index (χ3n) is 6.24. The molecule has 3 aromatic rings. The number of aliphatic hydroxyl groups excluding tert-OH is 1. The van der Waals surface area contributed by atoms with E-state index >= 15 is 0 Å². The van der Waals surface area contributed by atoms with Crippen LogP contribution in [-0.4, -0.2) is 23.4 Å². The van der Waals surface area contributed by atoms with Crippen LogP contribution in [0.2, 0.25) is 0 Å². The Labute approximate surface area is 204 Å². The fourth-order valence-corrected chi connectivity index (χ4v) is 4.48. The number of amides is 1. The number of hydrogen-bond donors (Lipinski definition) is 1. The normalized spacial score (nSPS) is 17.3. The molecule has 1 fully saturated rings. The standard InChI is InChI=1S/C29H28FNO4/c1-5-35-24-15-10-19(16-23(24)17(2)3)27(32)25-26(22-9-7-6-8-18(22)4)31(29(34)28(25)33)21-13-11-20(30)12-14-21/h6-17,26,32H,5H2,1-4H3/b27-25+. The number of Topliss-reactive ketones (excluding diaryl/α,β-unsaturated/α-hetero) is 1. The Morgan fingerprint density at radius 2 is 1.74 bits per heavy atom. The van der Waals surface area contributed by atoms with E-state index < -0.39 is 23.5 Å². The lowest BCUT2D eigenvalue weighted by Gasteiger charge is -2.26. The minimum Gasteiger partial charge on any atom is -0.507 e. The highest BCUT2D eigenvalue weighted by Gasteiger charge is 2.47. The van der Waals surface area contributed by atoms with Crippen LogP contribution in [0, 0.1) is 12.7 Å². The number of benzene rings is 3. The van der Waals surface area contributed by atoms with Gasteiger partial charge in [0.15, 0.2) is 0 Å². The monoisotopic (exact) mass is 473 g/mol. The van der Waals surface area contributed by atoms with Crippen LogP contribution in [0.5, 0.6) is 5.75 Å². The first-order chi connectivity index (χ1) is 16.7. The summed E-state index contributed by atoms with van der Waals surface area (Å²) in [5.74, 6) is -1.46. The summed E-state index contributed by atoms with van der Waals surface area (Å²) in [6.07, 6.45) is 0. The first-order valence-corrected chi connectivity index (χ1v) is 11.6. The molecule has 6 heteroatoms. The van der Waals surface area contributed by atoms with Crippen LogP contribution in [-0.2, 0) is 9.59 Å². The zero-order chi connectivity index (χ0) is 25.3. The van der Waals surface area contributed by atoms with Crippen LogP contribution >= 0.6 is 0 Å². The third-order valence-corrected chi connectivity index (χ3v) is 6.24. The van der Waals surface area contributed by atoms with Gasteiger partial charge in [0.25, 0.3) is 11.7 Å². The second kappa shape index (κ2) is 9.74. The number of nitrogens with zero attached hydrogens (tertiary/aromatic N) is 1. The molecule has 0 aromatic heterocycles. The molecular weight excluding hydrogens is 445 g/mol. The molecule has 5 nitrogen and oxygen atoms in total. The van der Waals surface area contributed by atoms with Crippen molar-refractivity contribution in [1.29, 1.82) is 0 Å². The maximum atomic E-state index is 13.6. The van der Waals surface area contributed by atoms with E-state index in [1.807, 2.05) is 52.0 Å². The molecule has 0 aliphatic carbocycles. The van der Waals surface area contributed by atoms with E-state index in [4.69, 9.17) is 4.74 Å². The number of rotatable bonds is 6. The molecule has 0 spiro atoms. The summed E-state index contributed by atoms with van der Waals surface area (Å²) >= 11 is 0. The van der Waals surface area contributed by atoms with Crippen LogP contribution in [0.15, 0.2) is 72.3 Å². The summed E-state index contributed by atoms with van der Waals surface area (Å²) < 4.78 is 19.3. The number of carbonyl (C=O) groups is 2. The molecule has 0 saturated carbocycles. The number of aryl methyl sites for hydroxylation is 1. The predicted octanol–water partition coefficient (Wildman–Crippen LogP) is 6.28. The van der Waals surface area contributed by atoms with Gasteiger partial charge in [0, 0.05) is 11.3 Å². The number of halogens is 1. The lowest BCUT2D eigenvalue weighted by atomic mass is 9.91. The second-order valence-corrected chi connectivity index (χ2v) is 8.84. The maximum Gasteiger partial charge on any atom is 0.300 e. The Bertz CT molecular complexity index is 1310. The van der Waals surface area contributed by atoms with Gasteiger partial charge in [-0.3, -0.25) is 14.5 Å². The molecule has 0 bridgehead atoms. The Morgan fingerprint density at radius 3 is 2.37 bits per heavy atom. The molecule has 35 heavy (non-hydrogen) atoms. The SMILES string of the molecule is CCOc1ccc(/C(O)=C2\C(=O)C(=O)N(c3ccc(F)cc3)C2c2ccccc2C)cc1C(C)C. The van der Waals surface area contributed by atoms with Gasteiger partial charge in [0.2, 0.25) is 0 Å². The molecule has 1 heterocycles. The number of ketones is 1. The number of aliphatic hydroxyl groups is 1. The number of hydrogen-bond acceptors (Lipinski definition) is 4. The molecule has 180 valence electrons. The molecule has 1 aliphatic heterocycles. The van der Waals surface area contributed by atoms with E-state index in [9.17, 15) is 19.1 Å². The van der Waals surface area contributed by atoms with Gasteiger partial charge in [-0.1, -0.05) is 38.1 Å². The molecule has 0 radical (unpaired) electrons. The van der Waals surface area contributed by atoms with Gasteiger partial charge in [-0.2, -0.15) is 0 Å². The van der Waals surface area contributed by atoms with E-state index in [0.717, 1.165) is 11.1 Å². The van der Waals surface area contributed by atoms with Crippen molar-refractivity contribution in [2.24, 2.45) is 0 Å². The average molecular weight is 474 g/mol. The fourth-order valence-electron chi connectivity index (χ4n) is 4.48. The summed E-state index contributed by atoms with van der Waals surface area (Å²) in [4.78, 5) is 27.9. The molecule has 1 unspecified atom stereocenters. The van der Waals surface area contributed by atoms with Crippen LogP contribution in [0.25, 0.3) is 5.76 Å². The van der Waals surface area contributed by atoms with Crippen LogP contribution < -0.4 is 9.64 Å². The van der Waals surface area contributed by atoms with Crippen molar-refractivity contribution in [3.8, 4) is 5.75 Å². The summed E-state index contributed by atoms with van der Waals surface area (Å²) in [5, 5.41) is 11.4. The smallest absolute Gasteiger partial charge is 0.300 e. The molecule has 1 atom stereocenters. The summed E-state index contributed by atoms with van der Waals surface area (Å²) in [6.45, 7) is 8.32. The van der Waals surface area contributed by atoms with E-state index in [1.165, 1.54) is 29.2 Å². The molecule has 3 aromatic carbocycles. The van der Waals surface area contributed by atoms with Crippen molar-refractivity contribution in [1.82, 2.24) is 0 Å². The van der Waals surface area contributed by atoms with Crippen molar-refractivity contribution < 1.29 is 23.8 Å². The lowest BCUT2D eigenvalue weighted by molar-refractivity contribution is -0.132. The minimum absolute atomic E-state index is 0.00695. The third kappa shape index (κ3) is 4.44. The van der Waals surface area contributed by atoms with Gasteiger partial charge in [0.1, 0.15) is 17.3 Å². The molecular formula is C29H28FNO4. The van der Waals surface area contributed by atoms with E-state index in [-0.39, 0.29) is 17.3 Å². The van der Waals surface area contributed by atoms with E-state index in [1.54, 1.807) is 18.2 Å². The van der Waals surface area contributed by atoms with Gasteiger partial charge in [-0.15, -0.1) is 0 Å². The fraction of sp³-hybridized carbons (Fsp3) is 0.241. The summed E-state index contributed by atoms with van der Waals surface area (Å²) in [7, 11) is 0. The Kier molecular flexibility index (Phi) is 6.74. The van der Waals surface area contributed by atoms with Gasteiger partial charge in [0.05, 0.1) is 18.2 Å². The lowest BCUT2D eigenvalue weighted by Crippen LogP contribution is -2.29. The maximum absolute atomic E-state index is 13.6. The van der Waals surface area contributed by atoms with Crippen LogP contribution in [0.1, 0.15) is 55.0 Å². The van der Waals surface area contributed by atoms with Gasteiger partial charge < -0.3 is 9.84 Å². The Morgan fingerprint density at radius 1 is 1.06 bits per heavy atom. The molecule has 1 amide bonds. The number of carbonyl (C=O) groups excluding carboxylic acids is 2. The zero-order valence-electron chi connectivity index (χ0n) is 20.2. The van der Waals surface area contributed by atoms with Gasteiger partial charge >= 0.3 is 0 Å². The number of ether oxygens (including phenoxy) is 1. The number of anilines is 1. The second-order valence-electron chi connectivity index (χ2n) is 8.84. The summed E-state index contributed by atoms with van der Waals surface area (Å²) in [5.41, 5.74) is 3.23. The average Bonchev–Trinajstić information content (AvgIpc) is 3.10. The summed E-state index contributed by atoms with van der Waals surface area (Å²) in [6, 6.07) is 17.2. The molecule has 4 rings (SSSR count). The predicted molar refractivity (Wildman–Crippen MR) is 134 cm³/mol. The van der Waals surface area contributed by atoms with Crippen molar-refractivity contribution in [2.45, 2.75) is 39.7 Å². The molecule has 1 N–H and O–H groups in total. The van der Waals surface area contributed by atoms with Crippen molar-refractivity contribution in [2.75, 3.05) is 11.5 Å². The molecule has 1 aliphatic rings. The first-order valence-electron chi connectivity index (χ1n) is 11.6. The van der Waals surface area contributed by atoms with Gasteiger partial charge in [-0.05, 0) is 78.9 Å². The highest BCUT2D eigenvalue weighted by atomic mass is 19.1. The van der Waals surface area contributed by atoms with E-state index in [0.29, 0.717) is 29.2 Å². The topological polar surface area (TPSA) is 66.8 Å². The first kappa shape index (κ1) is 24.2. The molecule has 1 saturated heterocycles. The highest BCUT2D eigenvalue weighted by molar-refractivity contribution is 6.51. The van der Waals surface area contributed by atoms with Crippen LogP contribution in [0.3, 0.4) is 0 Å². The highest BCUT2D eigenvalue weighted by Crippen LogP contribution is 2.43. The van der Waals surface area contributed by atoms with Crippen molar-refractivity contribution in [3.63, 3.8) is 0 Å². The zero-order valence-corrected chi connectivity index (χ0v) is 20.2. The van der Waals surface area contributed by atoms with E-state index in [2.05, 4.69) is 0 Å². The Balaban J connectivity index is 1.94.